The van der Waals surface area contributed by atoms with Gasteiger partial charge in [-0.05, 0) is 30.2 Å². The molecule has 1 N–H and O–H groups in total. The minimum atomic E-state index is -3.46. The zero-order valence-corrected chi connectivity index (χ0v) is 16.1. The molecule has 0 aromatic heterocycles. The average Bonchev–Trinajstić information content (AvgIpc) is 2.63. The average molecular weight is 394 g/mol. The highest BCUT2D eigenvalue weighted by molar-refractivity contribution is 7.88. The van der Waals surface area contributed by atoms with Crippen LogP contribution in [0.4, 0.5) is 4.39 Å². The molecule has 146 valence electrons. The molecule has 0 spiro atoms. The monoisotopic (exact) mass is 394 g/mol. The molecule has 2 rings (SSSR count). The van der Waals surface area contributed by atoms with Crippen molar-refractivity contribution in [3.8, 4) is 5.75 Å². The standard InChI is InChI=1S/C19H23FN2O4S/c1-26-18-10-6-3-7-15(18)11-13-22(27(2,24)25)14-12-21-19(23)16-8-4-5-9-17(16)20/h3-10H,11-14H2,1-2H3,(H,21,23). The maximum atomic E-state index is 13.6. The highest BCUT2D eigenvalue weighted by Gasteiger charge is 2.18. The first-order valence-electron chi connectivity index (χ1n) is 8.42. The molecule has 0 atom stereocenters. The highest BCUT2D eigenvalue weighted by Crippen LogP contribution is 2.18. The third kappa shape index (κ3) is 6.04. The zero-order chi connectivity index (χ0) is 19.9. The molecule has 0 fully saturated rings. The third-order valence-electron chi connectivity index (χ3n) is 4.06. The predicted molar refractivity (Wildman–Crippen MR) is 102 cm³/mol. The summed E-state index contributed by atoms with van der Waals surface area (Å²) in [7, 11) is -1.90. The molecule has 0 unspecified atom stereocenters. The number of halogens is 1. The molecule has 6 nitrogen and oxygen atoms in total. The normalized spacial score (nSPS) is 11.4. The van der Waals surface area contributed by atoms with Gasteiger partial charge in [0.05, 0.1) is 18.9 Å². The van der Waals surface area contributed by atoms with Gasteiger partial charge in [0.2, 0.25) is 10.0 Å². The van der Waals surface area contributed by atoms with Gasteiger partial charge in [-0.2, -0.15) is 0 Å². The molecule has 27 heavy (non-hydrogen) atoms. The van der Waals surface area contributed by atoms with Crippen LogP contribution >= 0.6 is 0 Å². The molecule has 1 amide bonds. The van der Waals surface area contributed by atoms with Crippen molar-refractivity contribution < 1.29 is 22.3 Å². The van der Waals surface area contributed by atoms with Gasteiger partial charge in [0.25, 0.3) is 5.91 Å². The summed E-state index contributed by atoms with van der Waals surface area (Å²) in [4.78, 5) is 12.0. The van der Waals surface area contributed by atoms with Crippen LogP contribution in [0.3, 0.4) is 0 Å². The van der Waals surface area contributed by atoms with E-state index in [2.05, 4.69) is 5.32 Å². The van der Waals surface area contributed by atoms with Gasteiger partial charge in [-0.15, -0.1) is 0 Å². The summed E-state index contributed by atoms with van der Waals surface area (Å²) in [5.74, 6) is -0.503. The van der Waals surface area contributed by atoms with E-state index in [4.69, 9.17) is 4.74 Å². The topological polar surface area (TPSA) is 75.7 Å². The SMILES string of the molecule is COc1ccccc1CCN(CCNC(=O)c1ccccc1F)S(C)(=O)=O. The smallest absolute Gasteiger partial charge is 0.254 e. The van der Waals surface area contributed by atoms with E-state index in [1.165, 1.54) is 22.5 Å². The van der Waals surface area contributed by atoms with Crippen LogP contribution in [0.2, 0.25) is 0 Å². The Hall–Kier alpha value is -2.45. The van der Waals surface area contributed by atoms with Crippen LogP contribution in [0, 0.1) is 5.82 Å². The van der Waals surface area contributed by atoms with E-state index in [0.29, 0.717) is 12.2 Å². The maximum Gasteiger partial charge on any atom is 0.254 e. The quantitative estimate of drug-likeness (QED) is 0.707. The second-order valence-electron chi connectivity index (χ2n) is 5.96. The van der Waals surface area contributed by atoms with Crippen molar-refractivity contribution >= 4 is 15.9 Å². The first kappa shape index (κ1) is 20.9. The fourth-order valence-corrected chi connectivity index (χ4v) is 3.48. The fourth-order valence-electron chi connectivity index (χ4n) is 2.63. The number of sulfonamides is 1. The summed E-state index contributed by atoms with van der Waals surface area (Å²) in [6.45, 7) is 0.412. The lowest BCUT2D eigenvalue weighted by atomic mass is 10.1. The number of nitrogens with one attached hydrogen (secondary N) is 1. The van der Waals surface area contributed by atoms with Gasteiger partial charge in [-0.1, -0.05) is 30.3 Å². The van der Waals surface area contributed by atoms with Crippen LogP contribution in [0.1, 0.15) is 15.9 Å². The molecule has 0 bridgehead atoms. The fraction of sp³-hybridized carbons (Fsp3) is 0.316. The van der Waals surface area contributed by atoms with Gasteiger partial charge in [0.1, 0.15) is 11.6 Å². The van der Waals surface area contributed by atoms with Crippen LogP contribution in [-0.4, -0.2) is 51.6 Å². The Morgan fingerprint density at radius 2 is 1.78 bits per heavy atom. The number of rotatable bonds is 9. The lowest BCUT2D eigenvalue weighted by Crippen LogP contribution is -2.39. The Labute approximate surface area is 159 Å². The first-order valence-corrected chi connectivity index (χ1v) is 10.3. The summed E-state index contributed by atoms with van der Waals surface area (Å²) < 4.78 is 44.2. The van der Waals surface area contributed by atoms with Crippen LogP contribution < -0.4 is 10.1 Å². The molecule has 0 aliphatic carbocycles. The molecule has 2 aromatic rings. The molecular formula is C19H23FN2O4S. The van der Waals surface area contributed by atoms with Crippen LogP contribution in [0.5, 0.6) is 5.75 Å². The van der Waals surface area contributed by atoms with Gasteiger partial charge in [0, 0.05) is 19.6 Å². The molecule has 0 radical (unpaired) electrons. The summed E-state index contributed by atoms with van der Waals surface area (Å²) in [6, 6.07) is 13.0. The van der Waals surface area contributed by atoms with Crippen LogP contribution in [-0.2, 0) is 16.4 Å². The Balaban J connectivity index is 1.95. The molecule has 0 saturated carbocycles. The molecule has 8 heteroatoms. The number of benzene rings is 2. The van der Waals surface area contributed by atoms with Gasteiger partial charge >= 0.3 is 0 Å². The van der Waals surface area contributed by atoms with E-state index < -0.39 is 21.7 Å². The van der Waals surface area contributed by atoms with Crippen molar-refractivity contribution in [1.82, 2.24) is 9.62 Å². The Kier molecular flexibility index (Phi) is 7.32. The van der Waals surface area contributed by atoms with Crippen molar-refractivity contribution in [2.24, 2.45) is 0 Å². The van der Waals surface area contributed by atoms with Crippen LogP contribution in [0.15, 0.2) is 48.5 Å². The molecule has 0 aliphatic heterocycles. The van der Waals surface area contributed by atoms with E-state index >= 15 is 0 Å². The number of ether oxygens (including phenoxy) is 1. The van der Waals surface area contributed by atoms with Crippen molar-refractivity contribution in [3.05, 3.63) is 65.5 Å². The second kappa shape index (κ2) is 9.48. The summed E-state index contributed by atoms with van der Waals surface area (Å²) >= 11 is 0. The molecule has 0 saturated heterocycles. The Morgan fingerprint density at radius 3 is 2.44 bits per heavy atom. The minimum Gasteiger partial charge on any atom is -0.496 e. The van der Waals surface area contributed by atoms with Gasteiger partial charge in [0.15, 0.2) is 0 Å². The van der Waals surface area contributed by atoms with Crippen molar-refractivity contribution in [3.63, 3.8) is 0 Å². The number of amides is 1. The number of carbonyl (C=O) groups is 1. The molecule has 2 aromatic carbocycles. The predicted octanol–water partition coefficient (Wildman–Crippen LogP) is 2.07. The number of para-hydroxylation sites is 1. The van der Waals surface area contributed by atoms with E-state index in [-0.39, 0.29) is 25.2 Å². The Morgan fingerprint density at radius 1 is 1.11 bits per heavy atom. The van der Waals surface area contributed by atoms with Crippen molar-refractivity contribution in [1.29, 1.82) is 0 Å². The number of nitrogens with zero attached hydrogens (tertiary/aromatic N) is 1. The second-order valence-corrected chi connectivity index (χ2v) is 7.94. The highest BCUT2D eigenvalue weighted by atomic mass is 32.2. The van der Waals surface area contributed by atoms with E-state index in [0.717, 1.165) is 11.8 Å². The van der Waals surface area contributed by atoms with Crippen LogP contribution in [0.25, 0.3) is 0 Å². The lowest BCUT2D eigenvalue weighted by molar-refractivity contribution is 0.0947. The number of hydrogen-bond donors (Lipinski definition) is 1. The number of carbonyl (C=O) groups excluding carboxylic acids is 1. The van der Waals surface area contributed by atoms with E-state index in [1.807, 2.05) is 24.3 Å². The van der Waals surface area contributed by atoms with Gasteiger partial charge in [-0.25, -0.2) is 17.1 Å². The van der Waals surface area contributed by atoms with E-state index in [1.54, 1.807) is 13.2 Å². The minimum absolute atomic E-state index is 0.0718. The number of methoxy groups -OCH3 is 1. The zero-order valence-electron chi connectivity index (χ0n) is 15.3. The third-order valence-corrected chi connectivity index (χ3v) is 5.36. The maximum absolute atomic E-state index is 13.6. The largest absolute Gasteiger partial charge is 0.496 e. The van der Waals surface area contributed by atoms with E-state index in [9.17, 15) is 17.6 Å². The molecular weight excluding hydrogens is 371 g/mol. The van der Waals surface area contributed by atoms with Gasteiger partial charge < -0.3 is 10.1 Å². The molecule has 0 heterocycles. The lowest BCUT2D eigenvalue weighted by Gasteiger charge is -2.20. The summed E-state index contributed by atoms with van der Waals surface area (Å²) in [6.07, 6.45) is 1.59. The Bertz CT molecular complexity index is 887. The number of hydrogen-bond acceptors (Lipinski definition) is 4. The van der Waals surface area contributed by atoms with Crippen molar-refractivity contribution in [2.75, 3.05) is 33.0 Å². The molecule has 0 aliphatic rings. The van der Waals surface area contributed by atoms with Crippen molar-refractivity contribution in [2.45, 2.75) is 6.42 Å². The summed E-state index contributed by atoms with van der Waals surface area (Å²) in [5.41, 5.74) is 0.821. The first-order chi connectivity index (χ1) is 12.8. The summed E-state index contributed by atoms with van der Waals surface area (Å²) in [5, 5.41) is 2.55. The van der Waals surface area contributed by atoms with Gasteiger partial charge in [-0.3, -0.25) is 4.79 Å².